The second-order valence-corrected chi connectivity index (χ2v) is 6.81. The van der Waals surface area contributed by atoms with E-state index in [4.69, 9.17) is 4.52 Å². The molecule has 0 radical (unpaired) electrons. The number of amides is 1. The summed E-state index contributed by atoms with van der Waals surface area (Å²) >= 11 is 0. The number of pyridine rings is 1. The van der Waals surface area contributed by atoms with Gasteiger partial charge in [0, 0.05) is 23.9 Å². The molecule has 1 amide bonds. The van der Waals surface area contributed by atoms with E-state index < -0.39 is 0 Å². The first-order valence-electron chi connectivity index (χ1n) is 8.75. The number of carbonyl (C=O) groups is 1. The van der Waals surface area contributed by atoms with Gasteiger partial charge in [0.2, 0.25) is 5.91 Å². The maximum atomic E-state index is 12.5. The molecule has 0 atom stereocenters. The Balaban J connectivity index is 1.82. The van der Waals surface area contributed by atoms with Crippen LogP contribution in [0.2, 0.25) is 0 Å². The quantitative estimate of drug-likeness (QED) is 0.748. The van der Waals surface area contributed by atoms with Gasteiger partial charge < -0.3 is 14.4 Å². The van der Waals surface area contributed by atoms with Gasteiger partial charge in [-0.05, 0) is 31.0 Å². The average molecular weight is 366 g/mol. The monoisotopic (exact) mass is 366 g/mol. The Labute approximate surface area is 157 Å². The smallest absolute Gasteiger partial charge is 0.259 e. The number of aromatic nitrogens is 3. The Morgan fingerprint density at radius 1 is 1.19 bits per heavy atom. The third-order valence-corrected chi connectivity index (χ3v) is 4.25. The van der Waals surface area contributed by atoms with E-state index in [9.17, 15) is 9.59 Å². The lowest BCUT2D eigenvalue weighted by molar-refractivity contribution is -0.116. The van der Waals surface area contributed by atoms with Gasteiger partial charge in [0.15, 0.2) is 5.82 Å². The number of anilines is 1. The van der Waals surface area contributed by atoms with Crippen LogP contribution in [0.15, 0.2) is 45.8 Å². The van der Waals surface area contributed by atoms with Gasteiger partial charge in [-0.25, -0.2) is 0 Å². The van der Waals surface area contributed by atoms with Gasteiger partial charge in [-0.15, -0.1) is 0 Å². The lowest BCUT2D eigenvalue weighted by Gasteiger charge is -2.12. The highest BCUT2D eigenvalue weighted by Gasteiger charge is 2.14. The molecule has 0 bridgehead atoms. The fourth-order valence-corrected chi connectivity index (χ4v) is 2.71. The first-order chi connectivity index (χ1) is 12.8. The number of hydrogen-bond acceptors (Lipinski definition) is 5. The standard InChI is InChI=1S/C20H22N4O3/c1-12(2)19-22-20(27-23-19)15-8-9-17(26)24(10-15)11-16(25)21-18-13(3)6-5-7-14(18)4/h5-10,12H,11H2,1-4H3,(H,21,25). The van der Waals surface area contributed by atoms with Crippen LogP contribution in [0.5, 0.6) is 0 Å². The van der Waals surface area contributed by atoms with Crippen molar-refractivity contribution >= 4 is 11.6 Å². The van der Waals surface area contributed by atoms with Crippen molar-refractivity contribution in [2.45, 2.75) is 40.2 Å². The van der Waals surface area contributed by atoms with Gasteiger partial charge >= 0.3 is 0 Å². The number of hydrogen-bond donors (Lipinski definition) is 1. The molecule has 0 spiro atoms. The first kappa shape index (κ1) is 18.6. The largest absolute Gasteiger partial charge is 0.334 e. The van der Waals surface area contributed by atoms with Crippen LogP contribution in [0.4, 0.5) is 5.69 Å². The number of para-hydroxylation sites is 1. The summed E-state index contributed by atoms with van der Waals surface area (Å²) in [6.45, 7) is 7.68. The highest BCUT2D eigenvalue weighted by atomic mass is 16.5. The molecular weight excluding hydrogens is 344 g/mol. The van der Waals surface area contributed by atoms with E-state index in [1.165, 1.54) is 10.6 Å². The van der Waals surface area contributed by atoms with E-state index in [-0.39, 0.29) is 23.9 Å². The zero-order valence-electron chi connectivity index (χ0n) is 15.8. The molecule has 0 aliphatic carbocycles. The molecule has 2 heterocycles. The lowest BCUT2D eigenvalue weighted by atomic mass is 10.1. The first-order valence-corrected chi connectivity index (χ1v) is 8.75. The molecule has 0 aliphatic rings. The Hall–Kier alpha value is -3.22. The number of nitrogens with one attached hydrogen (secondary N) is 1. The maximum absolute atomic E-state index is 12.5. The molecule has 0 fully saturated rings. The number of benzene rings is 1. The van der Waals surface area contributed by atoms with Crippen molar-refractivity contribution in [3.8, 4) is 11.5 Å². The highest BCUT2D eigenvalue weighted by molar-refractivity contribution is 5.92. The summed E-state index contributed by atoms with van der Waals surface area (Å²) in [5, 5.41) is 6.81. The van der Waals surface area contributed by atoms with Crippen molar-refractivity contribution in [1.29, 1.82) is 0 Å². The highest BCUT2D eigenvalue weighted by Crippen LogP contribution is 2.20. The van der Waals surface area contributed by atoms with Gasteiger partial charge in [-0.2, -0.15) is 4.98 Å². The fraction of sp³-hybridized carbons (Fsp3) is 0.300. The third kappa shape index (κ3) is 4.13. The van der Waals surface area contributed by atoms with Crippen LogP contribution in [-0.4, -0.2) is 20.6 Å². The second-order valence-electron chi connectivity index (χ2n) is 6.81. The molecule has 7 heteroatoms. The summed E-state index contributed by atoms with van der Waals surface area (Å²) in [5.41, 5.74) is 3.02. The second kappa shape index (κ2) is 7.57. The van der Waals surface area contributed by atoms with E-state index >= 15 is 0 Å². The van der Waals surface area contributed by atoms with Crippen LogP contribution in [0.1, 0.15) is 36.7 Å². The lowest BCUT2D eigenvalue weighted by Crippen LogP contribution is -2.27. The van der Waals surface area contributed by atoms with Crippen LogP contribution in [0.3, 0.4) is 0 Å². The predicted molar refractivity (Wildman–Crippen MR) is 103 cm³/mol. The maximum Gasteiger partial charge on any atom is 0.259 e. The van der Waals surface area contributed by atoms with Crippen LogP contribution in [-0.2, 0) is 11.3 Å². The van der Waals surface area contributed by atoms with Gasteiger partial charge in [-0.1, -0.05) is 37.2 Å². The molecule has 0 saturated heterocycles. The van der Waals surface area contributed by atoms with Crippen molar-refractivity contribution in [3.63, 3.8) is 0 Å². The molecular formula is C20H22N4O3. The van der Waals surface area contributed by atoms with Gasteiger partial charge in [0.1, 0.15) is 6.54 Å². The fourth-order valence-electron chi connectivity index (χ4n) is 2.71. The van der Waals surface area contributed by atoms with Crippen molar-refractivity contribution in [2.75, 3.05) is 5.32 Å². The van der Waals surface area contributed by atoms with Crippen molar-refractivity contribution in [1.82, 2.24) is 14.7 Å². The van der Waals surface area contributed by atoms with Crippen molar-refractivity contribution < 1.29 is 9.32 Å². The van der Waals surface area contributed by atoms with E-state index in [1.54, 1.807) is 12.3 Å². The number of carbonyl (C=O) groups excluding carboxylic acids is 1. The molecule has 3 rings (SSSR count). The molecule has 140 valence electrons. The Kier molecular flexibility index (Phi) is 5.21. The SMILES string of the molecule is Cc1cccc(C)c1NC(=O)Cn1cc(-c2nc(C(C)C)no2)ccc1=O. The molecule has 27 heavy (non-hydrogen) atoms. The molecule has 7 nitrogen and oxygen atoms in total. The number of nitrogens with zero attached hydrogens (tertiary/aromatic N) is 3. The minimum Gasteiger partial charge on any atom is -0.334 e. The van der Waals surface area contributed by atoms with Crippen LogP contribution in [0.25, 0.3) is 11.5 Å². The van der Waals surface area contributed by atoms with Gasteiger partial charge in [0.25, 0.3) is 11.4 Å². The van der Waals surface area contributed by atoms with E-state index in [1.807, 2.05) is 45.9 Å². The molecule has 3 aromatic rings. The Morgan fingerprint density at radius 3 is 2.52 bits per heavy atom. The summed E-state index contributed by atoms with van der Waals surface area (Å²) in [4.78, 5) is 28.9. The summed E-state index contributed by atoms with van der Waals surface area (Å²) in [7, 11) is 0. The Morgan fingerprint density at radius 2 is 1.89 bits per heavy atom. The van der Waals surface area contributed by atoms with E-state index in [0.717, 1.165) is 16.8 Å². The zero-order chi connectivity index (χ0) is 19.6. The normalized spacial score (nSPS) is 11.0. The van der Waals surface area contributed by atoms with Crippen LogP contribution in [0, 0.1) is 13.8 Å². The van der Waals surface area contributed by atoms with Gasteiger partial charge in [-0.3, -0.25) is 9.59 Å². The molecule has 0 saturated carbocycles. The van der Waals surface area contributed by atoms with Crippen LogP contribution >= 0.6 is 0 Å². The molecule has 1 aromatic carbocycles. The topological polar surface area (TPSA) is 90.0 Å². The molecule has 0 unspecified atom stereocenters. The summed E-state index contributed by atoms with van der Waals surface area (Å²) in [6.07, 6.45) is 1.56. The predicted octanol–water partition coefficient (Wildman–Crippen LogP) is 3.28. The average Bonchev–Trinajstić information content (AvgIpc) is 3.11. The minimum absolute atomic E-state index is 0.106. The molecule has 1 N–H and O–H groups in total. The molecule has 0 aliphatic heterocycles. The minimum atomic E-state index is -0.279. The summed E-state index contributed by atoms with van der Waals surface area (Å²) in [5.74, 6) is 0.773. The van der Waals surface area contributed by atoms with E-state index in [0.29, 0.717) is 17.3 Å². The third-order valence-electron chi connectivity index (χ3n) is 4.25. The van der Waals surface area contributed by atoms with Crippen molar-refractivity contribution in [2.24, 2.45) is 0 Å². The number of aryl methyl sites for hydroxylation is 2. The number of rotatable bonds is 5. The van der Waals surface area contributed by atoms with Crippen molar-refractivity contribution in [3.05, 3.63) is 63.8 Å². The zero-order valence-corrected chi connectivity index (χ0v) is 15.8. The Bertz CT molecular complexity index is 1010. The van der Waals surface area contributed by atoms with E-state index in [2.05, 4.69) is 15.5 Å². The molecule has 2 aromatic heterocycles. The van der Waals surface area contributed by atoms with Crippen LogP contribution < -0.4 is 10.9 Å². The van der Waals surface area contributed by atoms with Gasteiger partial charge in [0.05, 0.1) is 5.56 Å². The summed E-state index contributed by atoms with van der Waals surface area (Å²) in [6, 6.07) is 8.79. The summed E-state index contributed by atoms with van der Waals surface area (Å²) < 4.78 is 6.59.